The second-order valence-corrected chi connectivity index (χ2v) is 4.11. The van der Waals surface area contributed by atoms with Crippen LogP contribution < -0.4 is 0 Å². The Balaban J connectivity index is 2.26. The van der Waals surface area contributed by atoms with Crippen molar-refractivity contribution in [3.8, 4) is 0 Å². The topological polar surface area (TPSA) is 37.3 Å². The lowest BCUT2D eigenvalue weighted by Crippen LogP contribution is -1.99. The van der Waals surface area contributed by atoms with Crippen LogP contribution in [0.1, 0.15) is 27.0 Å². The Morgan fingerprint density at radius 3 is 2.41 bits per heavy atom. The molecule has 0 bridgehead atoms. The van der Waals surface area contributed by atoms with Crippen molar-refractivity contribution in [1.82, 2.24) is 0 Å². The molecule has 86 valence electrons. The minimum Gasteiger partial charge on any atom is -0.478 e. The first-order valence-corrected chi connectivity index (χ1v) is 5.53. The molecule has 0 aliphatic carbocycles. The van der Waals surface area contributed by atoms with Gasteiger partial charge in [0.2, 0.25) is 0 Å². The molecule has 2 nitrogen and oxygen atoms in total. The predicted octanol–water partition coefficient (Wildman–Crippen LogP) is 3.28. The van der Waals surface area contributed by atoms with E-state index in [2.05, 4.69) is 12.1 Å². The second kappa shape index (κ2) is 4.83. The molecule has 0 spiro atoms. The number of rotatable bonds is 3. The Morgan fingerprint density at radius 2 is 1.82 bits per heavy atom. The highest BCUT2D eigenvalue weighted by Crippen LogP contribution is 2.15. The van der Waals surface area contributed by atoms with E-state index in [0.717, 1.165) is 12.0 Å². The molecule has 0 aliphatic heterocycles. The van der Waals surface area contributed by atoms with Crippen LogP contribution in [0.15, 0.2) is 48.5 Å². The summed E-state index contributed by atoms with van der Waals surface area (Å²) in [5.41, 5.74) is 3.77. The molecular formula is C15H14O2. The molecule has 2 aromatic carbocycles. The Hall–Kier alpha value is -2.09. The zero-order valence-electron chi connectivity index (χ0n) is 9.68. The monoisotopic (exact) mass is 226 g/mol. The van der Waals surface area contributed by atoms with Gasteiger partial charge < -0.3 is 5.11 Å². The summed E-state index contributed by atoms with van der Waals surface area (Å²) >= 11 is 0. The molecule has 0 amide bonds. The van der Waals surface area contributed by atoms with Crippen molar-refractivity contribution < 1.29 is 9.90 Å². The van der Waals surface area contributed by atoms with E-state index in [1.54, 1.807) is 12.1 Å². The molecule has 2 heteroatoms. The third-order valence-electron chi connectivity index (χ3n) is 2.83. The minimum atomic E-state index is -0.876. The van der Waals surface area contributed by atoms with Crippen LogP contribution in [0.5, 0.6) is 0 Å². The number of benzene rings is 2. The van der Waals surface area contributed by atoms with Crippen LogP contribution in [-0.2, 0) is 6.42 Å². The number of carbonyl (C=O) groups is 1. The van der Waals surface area contributed by atoms with Crippen molar-refractivity contribution in [2.75, 3.05) is 0 Å². The molecular weight excluding hydrogens is 212 g/mol. The standard InChI is InChI=1S/C15H14O2/c1-11-9-14(15(16)17)8-7-13(11)10-12-5-3-2-4-6-12/h2-9H,10H2,1H3,(H,16,17). The van der Waals surface area contributed by atoms with E-state index < -0.39 is 5.97 Å². The quantitative estimate of drug-likeness (QED) is 0.872. The smallest absolute Gasteiger partial charge is 0.335 e. The first-order valence-electron chi connectivity index (χ1n) is 5.53. The SMILES string of the molecule is Cc1cc(C(=O)O)ccc1Cc1ccccc1. The summed E-state index contributed by atoms with van der Waals surface area (Å²) < 4.78 is 0. The van der Waals surface area contributed by atoms with Gasteiger partial charge in [0, 0.05) is 0 Å². The molecule has 0 atom stereocenters. The molecule has 17 heavy (non-hydrogen) atoms. The van der Waals surface area contributed by atoms with Crippen LogP contribution in [-0.4, -0.2) is 11.1 Å². The Morgan fingerprint density at radius 1 is 1.12 bits per heavy atom. The van der Waals surface area contributed by atoms with Crippen LogP contribution in [0, 0.1) is 6.92 Å². The van der Waals surface area contributed by atoms with Crippen molar-refractivity contribution in [2.45, 2.75) is 13.3 Å². The zero-order valence-corrected chi connectivity index (χ0v) is 9.68. The summed E-state index contributed by atoms with van der Waals surface area (Å²) in [5, 5.41) is 8.89. The molecule has 0 fully saturated rings. The Labute approximate surface area is 101 Å². The highest BCUT2D eigenvalue weighted by Gasteiger charge is 2.05. The number of aryl methyl sites for hydroxylation is 1. The minimum absolute atomic E-state index is 0.347. The summed E-state index contributed by atoms with van der Waals surface area (Å²) in [6.45, 7) is 1.95. The molecule has 0 heterocycles. The van der Waals surface area contributed by atoms with E-state index in [0.29, 0.717) is 5.56 Å². The molecule has 0 aromatic heterocycles. The Kier molecular flexibility index (Phi) is 3.24. The van der Waals surface area contributed by atoms with Crippen LogP contribution in [0.4, 0.5) is 0 Å². The maximum absolute atomic E-state index is 10.8. The molecule has 0 saturated carbocycles. The number of hydrogen-bond acceptors (Lipinski definition) is 1. The summed E-state index contributed by atoms with van der Waals surface area (Å²) in [5.74, 6) is -0.876. The molecule has 0 saturated heterocycles. The van der Waals surface area contributed by atoms with E-state index in [4.69, 9.17) is 5.11 Å². The molecule has 2 rings (SSSR count). The largest absolute Gasteiger partial charge is 0.478 e. The van der Waals surface area contributed by atoms with Gasteiger partial charge >= 0.3 is 5.97 Å². The fraction of sp³-hybridized carbons (Fsp3) is 0.133. The van der Waals surface area contributed by atoms with Gasteiger partial charge in [0.1, 0.15) is 0 Å². The average molecular weight is 226 g/mol. The molecule has 0 aliphatic rings. The molecule has 0 unspecified atom stereocenters. The van der Waals surface area contributed by atoms with Gasteiger partial charge in [-0.05, 0) is 42.2 Å². The van der Waals surface area contributed by atoms with Crippen molar-refractivity contribution in [2.24, 2.45) is 0 Å². The number of hydrogen-bond donors (Lipinski definition) is 1. The van der Waals surface area contributed by atoms with Gasteiger partial charge in [-0.25, -0.2) is 4.79 Å². The summed E-state index contributed by atoms with van der Waals surface area (Å²) in [6.07, 6.45) is 0.840. The highest BCUT2D eigenvalue weighted by atomic mass is 16.4. The van der Waals surface area contributed by atoms with Gasteiger partial charge in [-0.3, -0.25) is 0 Å². The van der Waals surface area contributed by atoms with E-state index in [1.165, 1.54) is 11.1 Å². The van der Waals surface area contributed by atoms with Crippen molar-refractivity contribution in [3.63, 3.8) is 0 Å². The highest BCUT2D eigenvalue weighted by molar-refractivity contribution is 5.87. The normalized spacial score (nSPS) is 10.2. The van der Waals surface area contributed by atoms with E-state index >= 15 is 0 Å². The summed E-state index contributed by atoms with van der Waals surface area (Å²) in [7, 11) is 0. The summed E-state index contributed by atoms with van der Waals surface area (Å²) in [4.78, 5) is 10.8. The van der Waals surface area contributed by atoms with Crippen molar-refractivity contribution >= 4 is 5.97 Å². The number of carboxylic acids is 1. The van der Waals surface area contributed by atoms with E-state index in [1.807, 2.05) is 31.2 Å². The van der Waals surface area contributed by atoms with Gasteiger partial charge in [0.05, 0.1) is 5.56 Å². The fourth-order valence-corrected chi connectivity index (χ4v) is 1.84. The molecule has 2 aromatic rings. The lowest BCUT2D eigenvalue weighted by atomic mass is 9.99. The summed E-state index contributed by atoms with van der Waals surface area (Å²) in [6, 6.07) is 15.4. The van der Waals surface area contributed by atoms with Gasteiger partial charge in [-0.2, -0.15) is 0 Å². The maximum Gasteiger partial charge on any atom is 0.335 e. The number of carboxylic acid groups (broad SMARTS) is 1. The lowest BCUT2D eigenvalue weighted by Gasteiger charge is -2.07. The maximum atomic E-state index is 10.8. The first kappa shape index (κ1) is 11.4. The van der Waals surface area contributed by atoms with E-state index in [-0.39, 0.29) is 0 Å². The number of aromatic carboxylic acids is 1. The average Bonchev–Trinajstić information content (AvgIpc) is 2.33. The van der Waals surface area contributed by atoms with Crippen LogP contribution in [0.2, 0.25) is 0 Å². The lowest BCUT2D eigenvalue weighted by molar-refractivity contribution is 0.0697. The third-order valence-corrected chi connectivity index (χ3v) is 2.83. The second-order valence-electron chi connectivity index (χ2n) is 4.11. The van der Waals surface area contributed by atoms with Gasteiger partial charge in [-0.1, -0.05) is 36.4 Å². The first-order chi connectivity index (χ1) is 8.16. The van der Waals surface area contributed by atoms with Crippen LogP contribution in [0.3, 0.4) is 0 Å². The zero-order chi connectivity index (χ0) is 12.3. The van der Waals surface area contributed by atoms with Crippen molar-refractivity contribution in [3.05, 3.63) is 70.8 Å². The van der Waals surface area contributed by atoms with Gasteiger partial charge in [-0.15, -0.1) is 0 Å². The third kappa shape index (κ3) is 2.72. The Bertz CT molecular complexity index is 530. The van der Waals surface area contributed by atoms with Crippen LogP contribution >= 0.6 is 0 Å². The van der Waals surface area contributed by atoms with Gasteiger partial charge in [0.25, 0.3) is 0 Å². The molecule has 1 N–H and O–H groups in total. The van der Waals surface area contributed by atoms with Crippen LogP contribution in [0.25, 0.3) is 0 Å². The van der Waals surface area contributed by atoms with E-state index in [9.17, 15) is 4.79 Å². The van der Waals surface area contributed by atoms with Crippen molar-refractivity contribution in [1.29, 1.82) is 0 Å². The molecule has 0 radical (unpaired) electrons. The predicted molar refractivity (Wildman–Crippen MR) is 67.4 cm³/mol. The van der Waals surface area contributed by atoms with Gasteiger partial charge in [0.15, 0.2) is 0 Å². The fourth-order valence-electron chi connectivity index (χ4n) is 1.84.